The van der Waals surface area contributed by atoms with E-state index in [1.807, 2.05) is 6.07 Å². The molecule has 0 atom stereocenters. The smallest absolute Gasteiger partial charge is 0.240 e. The Bertz CT molecular complexity index is 189. The van der Waals surface area contributed by atoms with Crippen LogP contribution in [0.3, 0.4) is 0 Å². The second-order valence-electron chi connectivity index (χ2n) is 2.87. The fourth-order valence-corrected chi connectivity index (χ4v) is 1.56. The van der Waals surface area contributed by atoms with Gasteiger partial charge in [-0.15, -0.1) is 0 Å². The zero-order valence-corrected chi connectivity index (χ0v) is 6.34. The molecule has 1 fully saturated rings. The Morgan fingerprint density at radius 1 is 1.45 bits per heavy atom. The average Bonchev–Trinajstić information content (AvgIpc) is 2.40. The highest BCUT2D eigenvalue weighted by molar-refractivity contribution is 5.92. The zero-order valence-electron chi connectivity index (χ0n) is 6.34. The molecule has 0 aromatic carbocycles. The molecular weight excluding hydrogens is 140 g/mol. The van der Waals surface area contributed by atoms with Crippen molar-refractivity contribution in [2.45, 2.75) is 25.7 Å². The summed E-state index contributed by atoms with van der Waals surface area (Å²) in [4.78, 5) is 10.7. The lowest BCUT2D eigenvalue weighted by Crippen LogP contribution is -2.25. The topological polar surface area (TPSA) is 66.9 Å². The summed E-state index contributed by atoms with van der Waals surface area (Å²) in [7, 11) is 0. The third-order valence-corrected chi connectivity index (χ3v) is 2.15. The van der Waals surface area contributed by atoms with Crippen LogP contribution in [0.4, 0.5) is 0 Å². The van der Waals surface area contributed by atoms with Gasteiger partial charge in [0, 0.05) is 0 Å². The molecule has 3 heteroatoms. The Morgan fingerprint density at radius 3 is 2.36 bits per heavy atom. The van der Waals surface area contributed by atoms with Gasteiger partial charge in [-0.2, -0.15) is 5.26 Å². The maximum absolute atomic E-state index is 10.7. The van der Waals surface area contributed by atoms with Crippen molar-refractivity contribution >= 4 is 5.91 Å². The fourth-order valence-electron chi connectivity index (χ4n) is 1.56. The predicted octanol–water partition coefficient (Wildman–Crippen LogP) is 0.760. The van der Waals surface area contributed by atoms with Crippen LogP contribution < -0.4 is 5.73 Å². The molecule has 0 saturated heterocycles. The van der Waals surface area contributed by atoms with Crippen molar-refractivity contribution in [3.05, 3.63) is 5.92 Å². The molecule has 3 nitrogen and oxygen atoms in total. The first-order valence-electron chi connectivity index (χ1n) is 3.82. The minimum absolute atomic E-state index is 0.150. The lowest BCUT2D eigenvalue weighted by atomic mass is 9.92. The van der Waals surface area contributed by atoms with Gasteiger partial charge in [-0.1, -0.05) is 12.8 Å². The summed E-state index contributed by atoms with van der Waals surface area (Å²) in [5.74, 6) is -0.126. The quantitative estimate of drug-likeness (QED) is 0.633. The predicted molar refractivity (Wildman–Crippen MR) is 40.0 cm³/mol. The highest BCUT2D eigenvalue weighted by Crippen LogP contribution is 2.31. The van der Waals surface area contributed by atoms with Crippen molar-refractivity contribution < 1.29 is 4.79 Å². The summed E-state index contributed by atoms with van der Waals surface area (Å²) in [5.41, 5.74) is 5.03. The van der Waals surface area contributed by atoms with Gasteiger partial charge in [0.2, 0.25) is 5.91 Å². The van der Waals surface area contributed by atoms with Gasteiger partial charge in [-0.05, 0) is 18.8 Å². The van der Waals surface area contributed by atoms with E-state index in [1.54, 1.807) is 0 Å². The number of rotatable bonds is 2. The first-order chi connectivity index (χ1) is 5.25. The maximum atomic E-state index is 10.7. The zero-order chi connectivity index (χ0) is 8.27. The fraction of sp³-hybridized carbons (Fsp3) is 0.625. The van der Waals surface area contributed by atoms with Crippen LogP contribution in [-0.4, -0.2) is 5.91 Å². The molecule has 1 radical (unpaired) electrons. The molecule has 1 rings (SSSR count). The Hall–Kier alpha value is -1.04. The normalized spacial score (nSPS) is 18.5. The lowest BCUT2D eigenvalue weighted by Gasteiger charge is -2.09. The second-order valence-corrected chi connectivity index (χ2v) is 2.87. The Labute approximate surface area is 66.2 Å². The van der Waals surface area contributed by atoms with Crippen molar-refractivity contribution in [2.75, 3.05) is 0 Å². The number of primary amides is 1. The number of amides is 1. The van der Waals surface area contributed by atoms with Crippen molar-refractivity contribution in [1.82, 2.24) is 0 Å². The second kappa shape index (κ2) is 3.38. The molecule has 0 aromatic rings. The van der Waals surface area contributed by atoms with E-state index in [4.69, 9.17) is 11.0 Å². The van der Waals surface area contributed by atoms with E-state index >= 15 is 0 Å². The number of nitrogens with two attached hydrogens (primary N) is 1. The van der Waals surface area contributed by atoms with Crippen LogP contribution in [0, 0.1) is 23.2 Å². The summed E-state index contributed by atoms with van der Waals surface area (Å²) in [6.45, 7) is 0. The number of carbonyl (C=O) groups excluding carboxylic acids is 1. The third kappa shape index (κ3) is 1.70. The van der Waals surface area contributed by atoms with Gasteiger partial charge < -0.3 is 5.73 Å². The molecule has 0 bridgehead atoms. The molecule has 1 aliphatic rings. The summed E-state index contributed by atoms with van der Waals surface area (Å²) < 4.78 is 0. The monoisotopic (exact) mass is 151 g/mol. The summed E-state index contributed by atoms with van der Waals surface area (Å²) in [6.07, 6.45) is 4.13. The summed E-state index contributed by atoms with van der Waals surface area (Å²) in [6, 6.07) is 1.89. The summed E-state index contributed by atoms with van der Waals surface area (Å²) >= 11 is 0. The first-order valence-corrected chi connectivity index (χ1v) is 3.82. The number of nitrogens with zero attached hydrogens (tertiary/aromatic N) is 1. The van der Waals surface area contributed by atoms with Gasteiger partial charge in [0.25, 0.3) is 0 Å². The van der Waals surface area contributed by atoms with Crippen LogP contribution in [0.5, 0.6) is 0 Å². The SMILES string of the molecule is N#C[C](C(N)=O)C1CCCC1. The molecule has 0 spiro atoms. The molecule has 1 aliphatic carbocycles. The largest absolute Gasteiger partial charge is 0.368 e. The van der Waals surface area contributed by atoms with Gasteiger partial charge in [-0.25, -0.2) is 0 Å². The molecule has 1 saturated carbocycles. The first kappa shape index (κ1) is 8.06. The molecule has 59 valence electrons. The van der Waals surface area contributed by atoms with Gasteiger partial charge in [-0.3, -0.25) is 4.79 Å². The van der Waals surface area contributed by atoms with Crippen molar-refractivity contribution in [3.63, 3.8) is 0 Å². The van der Waals surface area contributed by atoms with E-state index in [0.717, 1.165) is 25.7 Å². The highest BCUT2D eigenvalue weighted by Gasteiger charge is 2.29. The number of nitriles is 1. The highest BCUT2D eigenvalue weighted by atomic mass is 16.1. The number of carbonyl (C=O) groups is 1. The van der Waals surface area contributed by atoms with Gasteiger partial charge in [0.1, 0.15) is 0 Å². The van der Waals surface area contributed by atoms with E-state index in [2.05, 4.69) is 0 Å². The minimum atomic E-state index is -0.542. The minimum Gasteiger partial charge on any atom is -0.368 e. The Balaban J connectivity index is 2.55. The van der Waals surface area contributed by atoms with Gasteiger partial charge in [0.15, 0.2) is 5.92 Å². The lowest BCUT2D eigenvalue weighted by molar-refractivity contribution is -0.116. The van der Waals surface area contributed by atoms with Crippen molar-refractivity contribution in [2.24, 2.45) is 11.7 Å². The molecule has 11 heavy (non-hydrogen) atoms. The van der Waals surface area contributed by atoms with Gasteiger partial charge in [0.05, 0.1) is 6.07 Å². The van der Waals surface area contributed by atoms with Crippen molar-refractivity contribution in [1.29, 1.82) is 5.26 Å². The van der Waals surface area contributed by atoms with Crippen LogP contribution >= 0.6 is 0 Å². The molecule has 0 heterocycles. The van der Waals surface area contributed by atoms with E-state index in [1.165, 1.54) is 0 Å². The van der Waals surface area contributed by atoms with E-state index in [9.17, 15) is 4.79 Å². The molecule has 0 unspecified atom stereocenters. The molecule has 1 amide bonds. The van der Waals surface area contributed by atoms with Crippen molar-refractivity contribution in [3.8, 4) is 6.07 Å². The molecular formula is C8H11N2O. The Morgan fingerprint density at radius 2 is 2.00 bits per heavy atom. The molecule has 0 aromatic heterocycles. The average molecular weight is 151 g/mol. The van der Waals surface area contributed by atoms with E-state index < -0.39 is 5.91 Å². The Kier molecular flexibility index (Phi) is 2.48. The molecule has 2 N–H and O–H groups in total. The van der Waals surface area contributed by atoms with Crippen LogP contribution in [0.2, 0.25) is 0 Å². The van der Waals surface area contributed by atoms with E-state index in [0.29, 0.717) is 0 Å². The summed E-state index contributed by atoms with van der Waals surface area (Å²) in [5, 5.41) is 8.57. The maximum Gasteiger partial charge on any atom is 0.240 e. The standard InChI is InChI=1S/C8H11N2O/c9-5-7(8(10)11)6-3-1-2-4-6/h6H,1-4H2,(H2,10,11). The van der Waals surface area contributed by atoms with E-state index in [-0.39, 0.29) is 11.8 Å². The van der Waals surface area contributed by atoms with Gasteiger partial charge >= 0.3 is 0 Å². The third-order valence-electron chi connectivity index (χ3n) is 2.15. The number of hydrogen-bond acceptors (Lipinski definition) is 2. The molecule has 0 aliphatic heterocycles. The van der Waals surface area contributed by atoms with Crippen LogP contribution in [0.1, 0.15) is 25.7 Å². The van der Waals surface area contributed by atoms with Crippen LogP contribution in [0.25, 0.3) is 0 Å². The number of hydrogen-bond donors (Lipinski definition) is 1. The van der Waals surface area contributed by atoms with Crippen LogP contribution in [0.15, 0.2) is 0 Å². The van der Waals surface area contributed by atoms with Crippen LogP contribution in [-0.2, 0) is 4.79 Å².